The summed E-state index contributed by atoms with van der Waals surface area (Å²) in [6.07, 6.45) is 0.453. The number of fused-ring (bicyclic) bond motifs is 1. The molecule has 0 aromatic heterocycles. The SMILES string of the molecule is CN(C)CCOc1ccc2c(c1)C(=O)CCO2. The Morgan fingerprint density at radius 1 is 1.41 bits per heavy atom. The highest BCUT2D eigenvalue weighted by atomic mass is 16.5. The molecule has 0 N–H and O–H groups in total. The molecular weight excluding hydrogens is 218 g/mol. The second-order valence-corrected chi connectivity index (χ2v) is 4.33. The number of likely N-dealkylation sites (N-methyl/N-ethyl adjacent to an activating group) is 1. The van der Waals surface area contributed by atoms with E-state index >= 15 is 0 Å². The zero-order valence-electron chi connectivity index (χ0n) is 10.2. The fraction of sp³-hybridized carbons (Fsp3) is 0.462. The van der Waals surface area contributed by atoms with Crippen LogP contribution in [0, 0.1) is 0 Å². The fourth-order valence-electron chi connectivity index (χ4n) is 1.68. The molecule has 1 aromatic rings. The van der Waals surface area contributed by atoms with Gasteiger partial charge in [-0.05, 0) is 32.3 Å². The molecule has 0 saturated carbocycles. The van der Waals surface area contributed by atoms with E-state index in [-0.39, 0.29) is 5.78 Å². The second kappa shape index (κ2) is 5.19. The molecule has 0 saturated heterocycles. The number of nitrogens with zero attached hydrogens (tertiary/aromatic N) is 1. The van der Waals surface area contributed by atoms with Crippen LogP contribution >= 0.6 is 0 Å². The van der Waals surface area contributed by atoms with Crippen molar-refractivity contribution in [1.82, 2.24) is 4.90 Å². The molecule has 0 unspecified atom stereocenters. The highest BCUT2D eigenvalue weighted by Crippen LogP contribution is 2.28. The lowest BCUT2D eigenvalue weighted by Gasteiger charge is -2.17. The van der Waals surface area contributed by atoms with Crippen molar-refractivity contribution < 1.29 is 14.3 Å². The standard InChI is InChI=1S/C13H17NO3/c1-14(2)6-8-16-10-3-4-13-11(9-10)12(15)5-7-17-13/h3-4,9H,5-8H2,1-2H3. The van der Waals surface area contributed by atoms with Crippen LogP contribution in [0.3, 0.4) is 0 Å². The lowest BCUT2D eigenvalue weighted by Crippen LogP contribution is -2.20. The van der Waals surface area contributed by atoms with Gasteiger partial charge in [-0.25, -0.2) is 0 Å². The van der Waals surface area contributed by atoms with Gasteiger partial charge in [0, 0.05) is 13.0 Å². The van der Waals surface area contributed by atoms with Crippen LogP contribution in [0.25, 0.3) is 0 Å². The Labute approximate surface area is 101 Å². The van der Waals surface area contributed by atoms with Crippen molar-refractivity contribution in [3.05, 3.63) is 23.8 Å². The molecular formula is C13H17NO3. The average Bonchev–Trinajstić information content (AvgIpc) is 2.30. The Morgan fingerprint density at radius 3 is 3.00 bits per heavy atom. The Morgan fingerprint density at radius 2 is 2.24 bits per heavy atom. The number of Topliss-reactive ketones (excluding diaryl/α,β-unsaturated/α-hetero) is 1. The molecule has 4 nitrogen and oxygen atoms in total. The van der Waals surface area contributed by atoms with Gasteiger partial charge < -0.3 is 14.4 Å². The first kappa shape index (κ1) is 11.9. The molecule has 4 heteroatoms. The van der Waals surface area contributed by atoms with E-state index in [4.69, 9.17) is 9.47 Å². The molecule has 1 aromatic carbocycles. The average molecular weight is 235 g/mol. The molecule has 1 aliphatic heterocycles. The van der Waals surface area contributed by atoms with E-state index in [9.17, 15) is 4.79 Å². The van der Waals surface area contributed by atoms with Crippen LogP contribution in [-0.2, 0) is 0 Å². The zero-order chi connectivity index (χ0) is 12.3. The van der Waals surface area contributed by atoms with Gasteiger partial charge in [-0.3, -0.25) is 4.79 Å². The zero-order valence-corrected chi connectivity index (χ0v) is 10.2. The molecule has 2 rings (SSSR count). The van der Waals surface area contributed by atoms with Gasteiger partial charge in [0.25, 0.3) is 0 Å². The van der Waals surface area contributed by atoms with Crippen molar-refractivity contribution in [3.63, 3.8) is 0 Å². The molecule has 1 heterocycles. The first-order chi connectivity index (χ1) is 8.16. The smallest absolute Gasteiger partial charge is 0.170 e. The second-order valence-electron chi connectivity index (χ2n) is 4.33. The molecule has 17 heavy (non-hydrogen) atoms. The Hall–Kier alpha value is -1.55. The first-order valence-corrected chi connectivity index (χ1v) is 5.74. The number of hydrogen-bond acceptors (Lipinski definition) is 4. The van der Waals surface area contributed by atoms with Crippen LogP contribution in [-0.4, -0.2) is 44.5 Å². The molecule has 0 fully saturated rings. The summed E-state index contributed by atoms with van der Waals surface area (Å²) in [6, 6.07) is 5.41. The highest BCUT2D eigenvalue weighted by Gasteiger charge is 2.18. The predicted molar refractivity (Wildman–Crippen MR) is 64.9 cm³/mol. The Kier molecular flexibility index (Phi) is 3.64. The van der Waals surface area contributed by atoms with Gasteiger partial charge in [0.2, 0.25) is 0 Å². The number of ether oxygens (including phenoxy) is 2. The van der Waals surface area contributed by atoms with Gasteiger partial charge in [0.1, 0.15) is 18.1 Å². The van der Waals surface area contributed by atoms with Crippen molar-refractivity contribution in [2.75, 3.05) is 33.9 Å². The van der Waals surface area contributed by atoms with E-state index in [2.05, 4.69) is 0 Å². The molecule has 0 atom stereocenters. The van der Waals surface area contributed by atoms with Gasteiger partial charge in [-0.1, -0.05) is 0 Å². The predicted octanol–water partition coefficient (Wildman–Crippen LogP) is 1.59. The molecule has 92 valence electrons. The minimum absolute atomic E-state index is 0.129. The van der Waals surface area contributed by atoms with E-state index in [0.717, 1.165) is 12.3 Å². The summed E-state index contributed by atoms with van der Waals surface area (Å²) in [5, 5.41) is 0. The van der Waals surface area contributed by atoms with Crippen LogP contribution in [0.2, 0.25) is 0 Å². The number of benzene rings is 1. The summed E-state index contributed by atoms with van der Waals surface area (Å²) in [4.78, 5) is 13.7. The quantitative estimate of drug-likeness (QED) is 0.794. The maximum Gasteiger partial charge on any atom is 0.170 e. The van der Waals surface area contributed by atoms with E-state index in [1.807, 2.05) is 25.1 Å². The summed E-state index contributed by atoms with van der Waals surface area (Å²) in [5.74, 6) is 1.52. The maximum absolute atomic E-state index is 11.7. The number of carbonyl (C=O) groups excluding carboxylic acids is 1. The minimum atomic E-state index is 0.129. The van der Waals surface area contributed by atoms with Gasteiger partial charge in [0.15, 0.2) is 5.78 Å². The third kappa shape index (κ3) is 2.97. The largest absolute Gasteiger partial charge is 0.492 e. The van der Waals surface area contributed by atoms with E-state index in [1.165, 1.54) is 0 Å². The lowest BCUT2D eigenvalue weighted by atomic mass is 10.1. The Bertz CT molecular complexity index is 415. The van der Waals surface area contributed by atoms with Crippen molar-refractivity contribution in [1.29, 1.82) is 0 Å². The third-order valence-corrected chi connectivity index (χ3v) is 2.65. The molecule has 0 bridgehead atoms. The third-order valence-electron chi connectivity index (χ3n) is 2.65. The molecule has 1 aliphatic rings. The number of ketones is 1. The van der Waals surface area contributed by atoms with Gasteiger partial charge in [-0.2, -0.15) is 0 Å². The van der Waals surface area contributed by atoms with Crippen molar-refractivity contribution in [2.24, 2.45) is 0 Å². The van der Waals surface area contributed by atoms with Crippen molar-refractivity contribution in [2.45, 2.75) is 6.42 Å². The fourth-order valence-corrected chi connectivity index (χ4v) is 1.68. The van der Waals surface area contributed by atoms with Gasteiger partial charge in [-0.15, -0.1) is 0 Å². The van der Waals surface area contributed by atoms with E-state index < -0.39 is 0 Å². The number of rotatable bonds is 4. The molecule has 0 aliphatic carbocycles. The van der Waals surface area contributed by atoms with Gasteiger partial charge in [0.05, 0.1) is 12.2 Å². The van der Waals surface area contributed by atoms with Crippen LogP contribution in [0.15, 0.2) is 18.2 Å². The topological polar surface area (TPSA) is 38.8 Å². The van der Waals surface area contributed by atoms with Crippen molar-refractivity contribution >= 4 is 5.78 Å². The number of carbonyl (C=O) groups is 1. The summed E-state index contributed by atoms with van der Waals surface area (Å²) < 4.78 is 11.0. The van der Waals surface area contributed by atoms with Crippen molar-refractivity contribution in [3.8, 4) is 11.5 Å². The first-order valence-electron chi connectivity index (χ1n) is 5.74. The Balaban J connectivity index is 2.05. The van der Waals surface area contributed by atoms with E-state index in [1.54, 1.807) is 12.1 Å². The summed E-state index contributed by atoms with van der Waals surface area (Å²) in [7, 11) is 3.99. The highest BCUT2D eigenvalue weighted by molar-refractivity contribution is 5.99. The summed E-state index contributed by atoms with van der Waals surface area (Å²) in [5.41, 5.74) is 0.638. The number of hydrogen-bond donors (Lipinski definition) is 0. The monoisotopic (exact) mass is 235 g/mol. The molecule has 0 radical (unpaired) electrons. The van der Waals surface area contributed by atoms with Crippen LogP contribution in [0.4, 0.5) is 0 Å². The minimum Gasteiger partial charge on any atom is -0.492 e. The summed E-state index contributed by atoms with van der Waals surface area (Å²) in [6.45, 7) is 1.94. The van der Waals surface area contributed by atoms with Crippen LogP contribution in [0.1, 0.15) is 16.8 Å². The summed E-state index contributed by atoms with van der Waals surface area (Å²) >= 11 is 0. The molecule has 0 spiro atoms. The normalized spacial score (nSPS) is 14.4. The van der Waals surface area contributed by atoms with Gasteiger partial charge >= 0.3 is 0 Å². The van der Waals surface area contributed by atoms with E-state index in [0.29, 0.717) is 30.9 Å². The molecule has 0 amide bonds. The van der Waals surface area contributed by atoms with Crippen LogP contribution < -0.4 is 9.47 Å². The maximum atomic E-state index is 11.7. The van der Waals surface area contributed by atoms with Crippen LogP contribution in [0.5, 0.6) is 11.5 Å². The lowest BCUT2D eigenvalue weighted by molar-refractivity contribution is 0.0932.